The molecule has 2 fully saturated rings. The summed E-state index contributed by atoms with van der Waals surface area (Å²) < 4.78 is 19.4. The van der Waals surface area contributed by atoms with Gasteiger partial charge in [-0.2, -0.15) is 0 Å². The van der Waals surface area contributed by atoms with E-state index in [1.165, 1.54) is 6.07 Å². The molecule has 0 aromatic heterocycles. The van der Waals surface area contributed by atoms with Gasteiger partial charge in [-0.15, -0.1) is 0 Å². The first-order valence-electron chi connectivity index (χ1n) is 5.39. The number of ether oxygens (including phenoxy) is 1. The first kappa shape index (κ1) is 9.31. The molecule has 0 amide bonds. The van der Waals surface area contributed by atoms with Crippen molar-refractivity contribution in [3.05, 3.63) is 35.6 Å². The Morgan fingerprint density at radius 2 is 2.13 bits per heavy atom. The van der Waals surface area contributed by atoms with Crippen LogP contribution in [0, 0.1) is 5.82 Å². The molecule has 1 aromatic rings. The van der Waals surface area contributed by atoms with Gasteiger partial charge in [0.15, 0.2) is 0 Å². The Bertz CT molecular complexity index is 395. The molecule has 2 heterocycles. The lowest BCUT2D eigenvalue weighted by atomic mass is 9.77. The smallest absolute Gasteiger partial charge is 0.128 e. The van der Waals surface area contributed by atoms with Crippen molar-refractivity contribution in [2.24, 2.45) is 5.73 Å². The molecule has 0 aliphatic carbocycles. The Kier molecular flexibility index (Phi) is 1.88. The predicted octanol–water partition coefficient (Wildman–Crippen LogP) is 1.93. The predicted molar refractivity (Wildman–Crippen MR) is 54.8 cm³/mol. The minimum atomic E-state index is -0.603. The van der Waals surface area contributed by atoms with Gasteiger partial charge in [-0.1, -0.05) is 18.2 Å². The molecular formula is C12H14FNO. The van der Waals surface area contributed by atoms with Crippen molar-refractivity contribution in [3.8, 4) is 0 Å². The van der Waals surface area contributed by atoms with E-state index in [4.69, 9.17) is 10.5 Å². The van der Waals surface area contributed by atoms with Crippen LogP contribution in [0.15, 0.2) is 24.3 Å². The zero-order valence-electron chi connectivity index (χ0n) is 8.45. The van der Waals surface area contributed by atoms with E-state index >= 15 is 0 Å². The van der Waals surface area contributed by atoms with E-state index in [9.17, 15) is 4.39 Å². The molecule has 2 bridgehead atoms. The summed E-state index contributed by atoms with van der Waals surface area (Å²) in [4.78, 5) is 0. The fourth-order valence-electron chi connectivity index (χ4n) is 2.87. The van der Waals surface area contributed by atoms with Crippen molar-refractivity contribution < 1.29 is 9.13 Å². The van der Waals surface area contributed by atoms with Crippen molar-refractivity contribution >= 4 is 0 Å². The highest BCUT2D eigenvalue weighted by Gasteiger charge is 2.51. The molecule has 3 heteroatoms. The second-order valence-electron chi connectivity index (χ2n) is 4.55. The number of benzene rings is 1. The zero-order valence-corrected chi connectivity index (χ0v) is 8.45. The number of halogens is 1. The largest absolute Gasteiger partial charge is 0.373 e. The van der Waals surface area contributed by atoms with Gasteiger partial charge in [0.05, 0.1) is 17.7 Å². The van der Waals surface area contributed by atoms with E-state index < -0.39 is 5.54 Å². The van der Waals surface area contributed by atoms with Crippen LogP contribution in [0.1, 0.15) is 24.8 Å². The lowest BCUT2D eigenvalue weighted by molar-refractivity contribution is 0.0846. The van der Waals surface area contributed by atoms with Gasteiger partial charge < -0.3 is 10.5 Å². The van der Waals surface area contributed by atoms with Crippen LogP contribution in [-0.2, 0) is 10.3 Å². The molecule has 2 aliphatic rings. The molecule has 2 saturated heterocycles. The lowest BCUT2D eigenvalue weighted by Gasteiger charge is -2.31. The highest BCUT2D eigenvalue weighted by Crippen LogP contribution is 2.46. The molecule has 2 nitrogen and oxygen atoms in total. The maximum atomic E-state index is 13.7. The minimum absolute atomic E-state index is 0.000556. The summed E-state index contributed by atoms with van der Waals surface area (Å²) in [5.74, 6) is -0.212. The third kappa shape index (κ3) is 1.23. The van der Waals surface area contributed by atoms with Gasteiger partial charge in [-0.05, 0) is 25.3 Å². The Hall–Kier alpha value is -0.930. The molecule has 0 radical (unpaired) electrons. The maximum absolute atomic E-state index is 13.7. The SMILES string of the molecule is NC1(c2ccccc2F)CC2CCC1O2. The molecule has 3 rings (SSSR count). The average Bonchev–Trinajstić information content (AvgIpc) is 2.78. The molecular weight excluding hydrogens is 193 g/mol. The van der Waals surface area contributed by atoms with Crippen molar-refractivity contribution in [1.29, 1.82) is 0 Å². The molecule has 3 atom stereocenters. The summed E-state index contributed by atoms with van der Waals surface area (Å²) in [5.41, 5.74) is 6.31. The fraction of sp³-hybridized carbons (Fsp3) is 0.500. The van der Waals surface area contributed by atoms with E-state index in [-0.39, 0.29) is 18.0 Å². The standard InChI is InChI=1S/C12H14FNO/c13-10-4-2-1-3-9(10)12(14)7-8-5-6-11(12)15-8/h1-4,8,11H,5-7,14H2. The Labute approximate surface area is 88.2 Å². The van der Waals surface area contributed by atoms with Crippen molar-refractivity contribution in [1.82, 2.24) is 0 Å². The topological polar surface area (TPSA) is 35.2 Å². The van der Waals surface area contributed by atoms with Crippen LogP contribution in [0.5, 0.6) is 0 Å². The van der Waals surface area contributed by atoms with E-state index in [1.54, 1.807) is 12.1 Å². The van der Waals surface area contributed by atoms with Gasteiger partial charge in [-0.3, -0.25) is 0 Å². The Morgan fingerprint density at radius 3 is 2.73 bits per heavy atom. The molecule has 80 valence electrons. The van der Waals surface area contributed by atoms with Crippen LogP contribution in [0.2, 0.25) is 0 Å². The van der Waals surface area contributed by atoms with Gasteiger partial charge in [0.1, 0.15) is 5.82 Å². The number of hydrogen-bond donors (Lipinski definition) is 1. The van der Waals surface area contributed by atoms with Crippen LogP contribution in [0.3, 0.4) is 0 Å². The second kappa shape index (κ2) is 3.03. The first-order chi connectivity index (χ1) is 7.20. The van der Waals surface area contributed by atoms with Gasteiger partial charge >= 0.3 is 0 Å². The highest BCUT2D eigenvalue weighted by molar-refractivity contribution is 5.30. The highest BCUT2D eigenvalue weighted by atomic mass is 19.1. The third-order valence-corrected chi connectivity index (χ3v) is 3.62. The van der Waals surface area contributed by atoms with Crippen molar-refractivity contribution in [2.45, 2.75) is 37.0 Å². The zero-order chi connectivity index (χ0) is 10.5. The second-order valence-corrected chi connectivity index (χ2v) is 4.55. The molecule has 0 saturated carbocycles. The molecule has 0 spiro atoms. The fourth-order valence-corrected chi connectivity index (χ4v) is 2.87. The van der Waals surface area contributed by atoms with Crippen LogP contribution in [0.4, 0.5) is 4.39 Å². The van der Waals surface area contributed by atoms with Crippen LogP contribution in [-0.4, -0.2) is 12.2 Å². The summed E-state index contributed by atoms with van der Waals surface area (Å²) in [6.45, 7) is 0. The van der Waals surface area contributed by atoms with E-state index in [1.807, 2.05) is 6.07 Å². The average molecular weight is 207 g/mol. The number of nitrogens with two attached hydrogens (primary N) is 1. The summed E-state index contributed by atoms with van der Waals surface area (Å²) in [7, 11) is 0. The van der Waals surface area contributed by atoms with Crippen LogP contribution in [0.25, 0.3) is 0 Å². The van der Waals surface area contributed by atoms with Gasteiger partial charge in [0.2, 0.25) is 0 Å². The molecule has 3 unspecified atom stereocenters. The van der Waals surface area contributed by atoms with E-state index in [0.29, 0.717) is 5.56 Å². The summed E-state index contributed by atoms with van der Waals surface area (Å²) in [6, 6.07) is 6.77. The quantitative estimate of drug-likeness (QED) is 0.763. The Morgan fingerprint density at radius 1 is 1.33 bits per heavy atom. The minimum Gasteiger partial charge on any atom is -0.373 e. The molecule has 1 aromatic carbocycles. The van der Waals surface area contributed by atoms with Gasteiger partial charge in [0, 0.05) is 5.56 Å². The molecule has 15 heavy (non-hydrogen) atoms. The monoisotopic (exact) mass is 207 g/mol. The van der Waals surface area contributed by atoms with Crippen LogP contribution < -0.4 is 5.73 Å². The number of rotatable bonds is 1. The van der Waals surface area contributed by atoms with E-state index in [2.05, 4.69) is 0 Å². The molecule has 2 aliphatic heterocycles. The summed E-state index contributed by atoms with van der Waals surface area (Å²) >= 11 is 0. The molecule has 2 N–H and O–H groups in total. The van der Waals surface area contributed by atoms with Crippen molar-refractivity contribution in [2.75, 3.05) is 0 Å². The van der Waals surface area contributed by atoms with E-state index in [0.717, 1.165) is 19.3 Å². The summed E-state index contributed by atoms with van der Waals surface area (Å²) in [5, 5.41) is 0. The normalized spacial score (nSPS) is 38.5. The third-order valence-electron chi connectivity index (χ3n) is 3.62. The van der Waals surface area contributed by atoms with Gasteiger partial charge in [-0.25, -0.2) is 4.39 Å². The lowest BCUT2D eigenvalue weighted by Crippen LogP contribution is -2.46. The van der Waals surface area contributed by atoms with Crippen LogP contribution >= 0.6 is 0 Å². The summed E-state index contributed by atoms with van der Waals surface area (Å²) in [6.07, 6.45) is 3.01. The number of hydrogen-bond acceptors (Lipinski definition) is 2. The van der Waals surface area contributed by atoms with Gasteiger partial charge in [0.25, 0.3) is 0 Å². The Balaban J connectivity index is 2.04. The number of fused-ring (bicyclic) bond motifs is 2. The van der Waals surface area contributed by atoms with Crippen molar-refractivity contribution in [3.63, 3.8) is 0 Å². The maximum Gasteiger partial charge on any atom is 0.128 e. The first-order valence-corrected chi connectivity index (χ1v) is 5.39.